The Hall–Kier alpha value is -3.35. The summed E-state index contributed by atoms with van der Waals surface area (Å²) >= 11 is 1.28. The number of thiophene rings is 1. The monoisotopic (exact) mass is 467 g/mol. The molecule has 0 spiro atoms. The van der Waals surface area contributed by atoms with Gasteiger partial charge in [0.05, 0.1) is 16.2 Å². The van der Waals surface area contributed by atoms with Gasteiger partial charge in [-0.3, -0.25) is 0 Å². The van der Waals surface area contributed by atoms with Crippen LogP contribution in [0.3, 0.4) is 0 Å². The molecule has 0 aliphatic rings. The highest BCUT2D eigenvalue weighted by Crippen LogP contribution is 2.27. The van der Waals surface area contributed by atoms with Crippen molar-refractivity contribution in [1.82, 2.24) is 14.3 Å². The van der Waals surface area contributed by atoms with Gasteiger partial charge in [0.15, 0.2) is 5.82 Å². The molecule has 0 radical (unpaired) electrons. The van der Waals surface area contributed by atoms with Gasteiger partial charge < -0.3 is 15.5 Å². The van der Waals surface area contributed by atoms with Crippen molar-refractivity contribution in [3.63, 3.8) is 0 Å². The molecule has 2 aromatic heterocycles. The van der Waals surface area contributed by atoms with Crippen molar-refractivity contribution in [3.05, 3.63) is 71.0 Å². The SMILES string of the molecule is CNCc1cn(S(=O)(=O)c2ccsc2)c(-c2ccccc2F)n1.O=C(O)/C=C/C(=O)O. The number of carboxylic acid groups (broad SMARTS) is 2. The fraction of sp³-hybridized carbons (Fsp3) is 0.105. The van der Waals surface area contributed by atoms with E-state index in [0.717, 1.165) is 3.97 Å². The molecule has 12 heteroatoms. The molecule has 0 aliphatic carbocycles. The van der Waals surface area contributed by atoms with Crippen LogP contribution in [-0.4, -0.2) is 46.6 Å². The van der Waals surface area contributed by atoms with Crippen LogP contribution in [0.25, 0.3) is 11.4 Å². The lowest BCUT2D eigenvalue weighted by Gasteiger charge is -2.08. The molecule has 0 fully saturated rings. The van der Waals surface area contributed by atoms with Crippen molar-refractivity contribution < 1.29 is 32.6 Å². The third-order valence-electron chi connectivity index (χ3n) is 3.62. The Labute approximate surface area is 181 Å². The highest BCUT2D eigenvalue weighted by molar-refractivity contribution is 7.90. The van der Waals surface area contributed by atoms with E-state index < -0.39 is 27.8 Å². The van der Waals surface area contributed by atoms with E-state index in [1.807, 2.05) is 0 Å². The average molecular weight is 468 g/mol. The number of hydrogen-bond donors (Lipinski definition) is 3. The number of aromatic nitrogens is 2. The molecular weight excluding hydrogens is 449 g/mol. The van der Waals surface area contributed by atoms with Gasteiger partial charge >= 0.3 is 11.9 Å². The van der Waals surface area contributed by atoms with Crippen molar-refractivity contribution in [1.29, 1.82) is 0 Å². The zero-order valence-electron chi connectivity index (χ0n) is 16.1. The number of carboxylic acids is 2. The fourth-order valence-corrected chi connectivity index (χ4v) is 4.69. The number of aliphatic carboxylic acids is 2. The zero-order valence-corrected chi connectivity index (χ0v) is 17.7. The average Bonchev–Trinajstić information content (AvgIpc) is 3.38. The van der Waals surface area contributed by atoms with Crippen molar-refractivity contribution in [2.45, 2.75) is 11.4 Å². The van der Waals surface area contributed by atoms with E-state index >= 15 is 0 Å². The summed E-state index contributed by atoms with van der Waals surface area (Å²) in [5.41, 5.74) is 0.665. The van der Waals surface area contributed by atoms with Crippen LogP contribution in [0.1, 0.15) is 5.69 Å². The number of hydrogen-bond acceptors (Lipinski definition) is 7. The summed E-state index contributed by atoms with van der Waals surface area (Å²) in [6.45, 7) is 0.383. The lowest BCUT2D eigenvalue weighted by atomic mass is 10.2. The summed E-state index contributed by atoms with van der Waals surface area (Å²) in [7, 11) is -2.09. The van der Waals surface area contributed by atoms with Gasteiger partial charge in [0.2, 0.25) is 0 Å². The summed E-state index contributed by atoms with van der Waals surface area (Å²) in [5.74, 6) is -2.96. The van der Waals surface area contributed by atoms with Gasteiger partial charge in [-0.25, -0.2) is 31.4 Å². The van der Waals surface area contributed by atoms with Gasteiger partial charge in [-0.15, -0.1) is 0 Å². The summed E-state index contributed by atoms with van der Waals surface area (Å²) in [6, 6.07) is 7.51. The van der Waals surface area contributed by atoms with Crippen LogP contribution in [0.4, 0.5) is 4.39 Å². The van der Waals surface area contributed by atoms with E-state index in [1.54, 1.807) is 24.6 Å². The summed E-state index contributed by atoms with van der Waals surface area (Å²) < 4.78 is 40.8. The first-order valence-corrected chi connectivity index (χ1v) is 10.9. The van der Waals surface area contributed by atoms with Crippen molar-refractivity contribution in [3.8, 4) is 11.4 Å². The van der Waals surface area contributed by atoms with Crippen molar-refractivity contribution >= 4 is 33.3 Å². The predicted molar refractivity (Wildman–Crippen MR) is 112 cm³/mol. The van der Waals surface area contributed by atoms with E-state index in [0.29, 0.717) is 24.4 Å². The molecule has 1 aromatic carbocycles. The Kier molecular flexibility index (Phi) is 8.19. The smallest absolute Gasteiger partial charge is 0.328 e. The molecule has 0 saturated carbocycles. The fourth-order valence-electron chi connectivity index (χ4n) is 2.34. The van der Waals surface area contributed by atoms with Crippen LogP contribution in [0.5, 0.6) is 0 Å². The minimum atomic E-state index is -3.82. The molecule has 31 heavy (non-hydrogen) atoms. The molecule has 0 unspecified atom stereocenters. The third-order valence-corrected chi connectivity index (χ3v) is 6.10. The van der Waals surface area contributed by atoms with Crippen LogP contribution < -0.4 is 5.32 Å². The number of benzene rings is 1. The van der Waals surface area contributed by atoms with Gasteiger partial charge in [-0.2, -0.15) is 11.3 Å². The summed E-state index contributed by atoms with van der Waals surface area (Å²) in [6.07, 6.45) is 2.54. The second-order valence-corrected chi connectivity index (χ2v) is 8.43. The molecule has 3 aromatic rings. The minimum Gasteiger partial charge on any atom is -0.478 e. The quantitative estimate of drug-likeness (QED) is 0.450. The first kappa shape index (κ1) is 23.9. The highest BCUT2D eigenvalue weighted by atomic mass is 32.2. The molecule has 9 nitrogen and oxygen atoms in total. The number of carbonyl (C=O) groups is 2. The van der Waals surface area contributed by atoms with Crippen LogP contribution in [0.15, 0.2) is 64.3 Å². The molecule has 0 amide bonds. The second kappa shape index (κ2) is 10.6. The standard InChI is InChI=1S/C15H14FN3O2S2.C4H4O4/c1-17-8-11-9-19(23(20,21)12-6-7-22-10-12)15(18-11)13-4-2-3-5-14(13)16;5-3(6)1-2-4(7)8/h2-7,9-10,17H,8H2,1H3;1-2H,(H,5,6)(H,7,8)/b;2-1+. The van der Waals surface area contributed by atoms with Crippen LogP contribution in [0, 0.1) is 5.82 Å². The highest BCUT2D eigenvalue weighted by Gasteiger charge is 2.24. The second-order valence-electron chi connectivity index (χ2n) is 5.84. The molecule has 0 bridgehead atoms. The molecule has 2 heterocycles. The number of nitrogens with zero attached hydrogens (tertiary/aromatic N) is 2. The molecular formula is C19H18FN3O6S2. The van der Waals surface area contributed by atoms with E-state index in [-0.39, 0.29) is 16.3 Å². The zero-order chi connectivity index (χ0) is 23.0. The number of nitrogens with one attached hydrogen (secondary N) is 1. The number of halogens is 1. The Morgan fingerprint density at radius 2 is 1.84 bits per heavy atom. The summed E-state index contributed by atoms with van der Waals surface area (Å²) in [5, 5.41) is 21.8. The normalized spacial score (nSPS) is 11.2. The van der Waals surface area contributed by atoms with E-state index in [2.05, 4.69) is 10.3 Å². The maximum atomic E-state index is 14.1. The Balaban J connectivity index is 0.000000366. The van der Waals surface area contributed by atoms with Gasteiger partial charge in [0, 0.05) is 30.3 Å². The minimum absolute atomic E-state index is 0.0690. The number of rotatable bonds is 7. The molecule has 0 atom stereocenters. The molecule has 0 aliphatic heterocycles. The predicted octanol–water partition coefficient (Wildman–Crippen LogP) is 2.42. The van der Waals surface area contributed by atoms with Gasteiger partial charge in [0.1, 0.15) is 5.82 Å². The van der Waals surface area contributed by atoms with Crippen molar-refractivity contribution in [2.75, 3.05) is 7.05 Å². The lowest BCUT2D eigenvalue weighted by molar-refractivity contribution is -0.134. The van der Waals surface area contributed by atoms with Crippen LogP contribution in [-0.2, 0) is 26.2 Å². The molecule has 3 rings (SSSR count). The maximum absolute atomic E-state index is 14.1. The van der Waals surface area contributed by atoms with E-state index in [1.165, 1.54) is 41.1 Å². The summed E-state index contributed by atoms with van der Waals surface area (Å²) in [4.78, 5) is 23.6. The van der Waals surface area contributed by atoms with Gasteiger partial charge in [0.25, 0.3) is 10.0 Å². The molecule has 0 saturated heterocycles. The Morgan fingerprint density at radius 1 is 1.19 bits per heavy atom. The van der Waals surface area contributed by atoms with E-state index in [9.17, 15) is 22.4 Å². The van der Waals surface area contributed by atoms with Crippen LogP contribution in [0.2, 0.25) is 0 Å². The van der Waals surface area contributed by atoms with E-state index in [4.69, 9.17) is 10.2 Å². The third kappa shape index (κ3) is 6.31. The first-order valence-electron chi connectivity index (χ1n) is 8.56. The van der Waals surface area contributed by atoms with Crippen molar-refractivity contribution in [2.24, 2.45) is 0 Å². The van der Waals surface area contributed by atoms with Crippen LogP contribution >= 0.6 is 11.3 Å². The Morgan fingerprint density at radius 3 is 2.35 bits per heavy atom. The molecule has 3 N–H and O–H groups in total. The van der Waals surface area contributed by atoms with Gasteiger partial charge in [-0.05, 0) is 30.6 Å². The Bertz CT molecular complexity index is 1170. The largest absolute Gasteiger partial charge is 0.478 e. The number of imidazole rings is 1. The molecule has 164 valence electrons. The topological polar surface area (TPSA) is 139 Å². The first-order chi connectivity index (χ1) is 14.7. The van der Waals surface area contributed by atoms with Gasteiger partial charge in [-0.1, -0.05) is 12.1 Å². The maximum Gasteiger partial charge on any atom is 0.328 e. The lowest BCUT2D eigenvalue weighted by Crippen LogP contribution is -2.13.